The fraction of sp³-hybridized carbons (Fsp3) is 0.167. The molecular formula is C18H16O7. The molecular weight excluding hydrogens is 328 g/mol. The van der Waals surface area contributed by atoms with E-state index in [1.54, 1.807) is 24.3 Å². The lowest BCUT2D eigenvalue weighted by atomic mass is 10.1. The van der Waals surface area contributed by atoms with E-state index < -0.39 is 16.9 Å². The number of fused-ring (bicyclic) bond motifs is 1. The highest BCUT2D eigenvalue weighted by molar-refractivity contribution is 5.91. The maximum atomic E-state index is 12.5. The molecule has 130 valence electrons. The van der Waals surface area contributed by atoms with E-state index in [1.807, 2.05) is 0 Å². The average Bonchev–Trinajstić information content (AvgIpc) is 2.64. The molecule has 7 heteroatoms. The van der Waals surface area contributed by atoms with Crippen LogP contribution in [0, 0.1) is 0 Å². The minimum Gasteiger partial charge on any atom is -0.504 e. The van der Waals surface area contributed by atoms with Crippen LogP contribution in [0.2, 0.25) is 0 Å². The van der Waals surface area contributed by atoms with Crippen molar-refractivity contribution in [3.05, 3.63) is 40.6 Å². The molecule has 3 aromatic rings. The third-order valence-corrected chi connectivity index (χ3v) is 3.83. The predicted molar refractivity (Wildman–Crippen MR) is 90.9 cm³/mol. The Morgan fingerprint density at radius 1 is 0.920 bits per heavy atom. The molecule has 2 aromatic carbocycles. The second-order valence-electron chi connectivity index (χ2n) is 5.17. The van der Waals surface area contributed by atoms with Crippen molar-refractivity contribution in [2.45, 2.75) is 0 Å². The molecule has 0 amide bonds. The Morgan fingerprint density at radius 2 is 1.60 bits per heavy atom. The Balaban J connectivity index is 2.32. The first-order valence-electron chi connectivity index (χ1n) is 7.30. The molecule has 25 heavy (non-hydrogen) atoms. The number of phenolic OH excluding ortho intramolecular Hbond substituents is 1. The summed E-state index contributed by atoms with van der Waals surface area (Å²) in [7, 11) is 4.26. The maximum absolute atomic E-state index is 12.5. The fourth-order valence-corrected chi connectivity index (χ4v) is 2.57. The summed E-state index contributed by atoms with van der Waals surface area (Å²) in [6.07, 6.45) is 0. The number of rotatable bonds is 4. The third kappa shape index (κ3) is 2.59. The Kier molecular flexibility index (Phi) is 4.14. The minimum absolute atomic E-state index is 0.0149. The first-order chi connectivity index (χ1) is 12.0. The molecule has 0 bridgehead atoms. The second-order valence-corrected chi connectivity index (χ2v) is 5.17. The van der Waals surface area contributed by atoms with Gasteiger partial charge in [-0.15, -0.1) is 0 Å². The Morgan fingerprint density at radius 3 is 2.16 bits per heavy atom. The van der Waals surface area contributed by atoms with E-state index >= 15 is 0 Å². The summed E-state index contributed by atoms with van der Waals surface area (Å²) in [6, 6.07) is 8.05. The molecule has 3 rings (SSSR count). The predicted octanol–water partition coefficient (Wildman–Crippen LogP) is 2.90. The van der Waals surface area contributed by atoms with Gasteiger partial charge < -0.3 is 28.8 Å². The van der Waals surface area contributed by atoms with Crippen molar-refractivity contribution in [3.63, 3.8) is 0 Å². The van der Waals surface area contributed by atoms with Gasteiger partial charge in [0.05, 0.1) is 21.3 Å². The molecule has 0 aliphatic heterocycles. The van der Waals surface area contributed by atoms with Crippen LogP contribution in [0.15, 0.2) is 39.5 Å². The number of benzene rings is 2. The zero-order valence-electron chi connectivity index (χ0n) is 13.8. The molecule has 0 aliphatic carbocycles. The summed E-state index contributed by atoms with van der Waals surface area (Å²) >= 11 is 0. The number of methoxy groups -OCH3 is 3. The number of hydrogen-bond acceptors (Lipinski definition) is 7. The van der Waals surface area contributed by atoms with Gasteiger partial charge in [-0.05, 0) is 24.3 Å². The lowest BCUT2D eigenvalue weighted by molar-refractivity contribution is 0.334. The van der Waals surface area contributed by atoms with Crippen LogP contribution in [0.4, 0.5) is 0 Å². The monoisotopic (exact) mass is 344 g/mol. The average molecular weight is 344 g/mol. The molecule has 1 aromatic heterocycles. The zero-order chi connectivity index (χ0) is 18.1. The normalized spacial score (nSPS) is 10.7. The molecule has 0 atom stereocenters. The molecule has 2 N–H and O–H groups in total. The molecule has 0 aliphatic rings. The molecule has 0 saturated carbocycles. The number of aromatic hydroxyl groups is 2. The van der Waals surface area contributed by atoms with Crippen molar-refractivity contribution in [2.75, 3.05) is 21.3 Å². The number of phenols is 1. The van der Waals surface area contributed by atoms with Gasteiger partial charge in [0.2, 0.25) is 16.9 Å². The van der Waals surface area contributed by atoms with Crippen LogP contribution in [0.3, 0.4) is 0 Å². The van der Waals surface area contributed by atoms with Gasteiger partial charge in [0.1, 0.15) is 16.7 Å². The largest absolute Gasteiger partial charge is 0.504 e. The van der Waals surface area contributed by atoms with Crippen LogP contribution < -0.4 is 19.6 Å². The van der Waals surface area contributed by atoms with E-state index in [0.717, 1.165) is 0 Å². The smallest absolute Gasteiger partial charge is 0.238 e. The molecule has 1 heterocycles. The summed E-state index contributed by atoms with van der Waals surface area (Å²) in [5.74, 6) is -0.287. The molecule has 0 saturated heterocycles. The van der Waals surface area contributed by atoms with Crippen LogP contribution in [0.5, 0.6) is 28.7 Å². The highest BCUT2D eigenvalue weighted by atomic mass is 16.5. The topological polar surface area (TPSA) is 98.4 Å². The van der Waals surface area contributed by atoms with Gasteiger partial charge in [0, 0.05) is 11.6 Å². The molecule has 7 nitrogen and oxygen atoms in total. The molecule has 0 unspecified atom stereocenters. The standard InChI is InChI=1S/C18H16O7/c1-22-10-6-4-9(5-7-10)17-16(21)14(19)13-11(25-17)8-12(23-2)18(24-3)15(13)20/h4-8,20-21H,1-3H3. The third-order valence-electron chi connectivity index (χ3n) is 3.83. The fourth-order valence-electron chi connectivity index (χ4n) is 2.57. The van der Waals surface area contributed by atoms with Gasteiger partial charge >= 0.3 is 0 Å². The van der Waals surface area contributed by atoms with Crippen molar-refractivity contribution in [3.8, 4) is 40.1 Å². The van der Waals surface area contributed by atoms with Crippen LogP contribution in [-0.2, 0) is 0 Å². The SMILES string of the molecule is COc1ccc(-c2oc3cc(OC)c(OC)c(O)c3c(=O)c2O)cc1. The zero-order valence-corrected chi connectivity index (χ0v) is 13.8. The van der Waals surface area contributed by atoms with E-state index in [0.29, 0.717) is 11.3 Å². The van der Waals surface area contributed by atoms with Crippen LogP contribution in [0.25, 0.3) is 22.3 Å². The molecule has 0 spiro atoms. The maximum Gasteiger partial charge on any atom is 0.238 e. The van der Waals surface area contributed by atoms with E-state index in [1.165, 1.54) is 27.4 Å². The van der Waals surface area contributed by atoms with Crippen LogP contribution in [0.1, 0.15) is 0 Å². The van der Waals surface area contributed by atoms with E-state index in [4.69, 9.17) is 18.6 Å². The van der Waals surface area contributed by atoms with Crippen molar-refractivity contribution >= 4 is 11.0 Å². The van der Waals surface area contributed by atoms with E-state index in [9.17, 15) is 15.0 Å². The lowest BCUT2D eigenvalue weighted by Gasteiger charge is -2.12. The van der Waals surface area contributed by atoms with Gasteiger partial charge in [0.15, 0.2) is 17.3 Å². The van der Waals surface area contributed by atoms with E-state index in [-0.39, 0.29) is 28.2 Å². The van der Waals surface area contributed by atoms with Gasteiger partial charge in [0.25, 0.3) is 0 Å². The summed E-state index contributed by atoms with van der Waals surface area (Å²) in [5.41, 5.74) is -0.235. The summed E-state index contributed by atoms with van der Waals surface area (Å²) in [4.78, 5) is 12.5. The van der Waals surface area contributed by atoms with Crippen molar-refractivity contribution in [2.24, 2.45) is 0 Å². The van der Waals surface area contributed by atoms with Crippen LogP contribution >= 0.6 is 0 Å². The highest BCUT2D eigenvalue weighted by Gasteiger charge is 2.23. The lowest BCUT2D eigenvalue weighted by Crippen LogP contribution is -2.04. The first-order valence-corrected chi connectivity index (χ1v) is 7.30. The van der Waals surface area contributed by atoms with Crippen molar-refractivity contribution < 1.29 is 28.8 Å². The highest BCUT2D eigenvalue weighted by Crippen LogP contribution is 2.43. The Hall–Kier alpha value is -3.35. The van der Waals surface area contributed by atoms with E-state index in [2.05, 4.69) is 0 Å². The van der Waals surface area contributed by atoms with Gasteiger partial charge in [-0.1, -0.05) is 0 Å². The summed E-state index contributed by atoms with van der Waals surface area (Å²) < 4.78 is 21.0. The van der Waals surface area contributed by atoms with Crippen molar-refractivity contribution in [1.82, 2.24) is 0 Å². The van der Waals surface area contributed by atoms with Gasteiger partial charge in [-0.3, -0.25) is 4.79 Å². The Labute approximate surface area is 142 Å². The summed E-state index contributed by atoms with van der Waals surface area (Å²) in [6.45, 7) is 0. The van der Waals surface area contributed by atoms with Crippen molar-refractivity contribution in [1.29, 1.82) is 0 Å². The van der Waals surface area contributed by atoms with Crippen LogP contribution in [-0.4, -0.2) is 31.5 Å². The summed E-state index contributed by atoms with van der Waals surface area (Å²) in [5, 5.41) is 20.4. The minimum atomic E-state index is -0.773. The first kappa shape index (κ1) is 16.5. The molecule has 0 fully saturated rings. The van der Waals surface area contributed by atoms with Gasteiger partial charge in [-0.25, -0.2) is 0 Å². The quantitative estimate of drug-likeness (QED) is 0.751. The van der Waals surface area contributed by atoms with Gasteiger partial charge in [-0.2, -0.15) is 0 Å². The molecule has 0 radical (unpaired) electrons. The number of hydrogen-bond donors (Lipinski definition) is 2. The second kappa shape index (κ2) is 6.27. The number of ether oxygens (including phenoxy) is 3. The Bertz CT molecular complexity index is 987.